The number of pyridine rings is 1. The molecule has 0 spiro atoms. The summed E-state index contributed by atoms with van der Waals surface area (Å²) in [4.78, 5) is 14.4. The lowest BCUT2D eigenvalue weighted by atomic mass is 9.97. The maximum Gasteiger partial charge on any atom is 0.222 e. The summed E-state index contributed by atoms with van der Waals surface area (Å²) in [7, 11) is 1.56. The number of rotatable bonds is 4. The zero-order chi connectivity index (χ0) is 17.3. The minimum Gasteiger partial charge on any atom is -0.481 e. The Morgan fingerprint density at radius 2 is 2.12 bits per heavy atom. The van der Waals surface area contributed by atoms with Crippen molar-refractivity contribution in [3.63, 3.8) is 0 Å². The summed E-state index contributed by atoms with van der Waals surface area (Å²) in [6, 6.07) is 3.60. The van der Waals surface area contributed by atoms with Crippen molar-refractivity contribution in [2.75, 3.05) is 30.8 Å². The number of nitrogens with zero attached hydrogens (tertiary/aromatic N) is 4. The number of aliphatic hydroxyl groups is 1. The Bertz CT molecular complexity index is 775. The summed E-state index contributed by atoms with van der Waals surface area (Å²) in [6.07, 6.45) is 2.63. The first-order valence-corrected chi connectivity index (χ1v) is 7.56. The number of anilines is 2. The van der Waals surface area contributed by atoms with Crippen molar-refractivity contribution in [1.29, 1.82) is 0 Å². The average Bonchev–Trinajstić information content (AvgIpc) is 2.57. The van der Waals surface area contributed by atoms with Crippen LogP contribution in [0.1, 0.15) is 16.8 Å². The van der Waals surface area contributed by atoms with E-state index >= 15 is 0 Å². The van der Waals surface area contributed by atoms with Gasteiger partial charge in [-0.3, -0.25) is 0 Å². The molecule has 0 bridgehead atoms. The predicted octanol–water partition coefficient (Wildman–Crippen LogP) is 0.409. The van der Waals surface area contributed by atoms with E-state index in [1.54, 1.807) is 24.3 Å². The highest BCUT2D eigenvalue weighted by Crippen LogP contribution is 2.36. The van der Waals surface area contributed by atoms with Gasteiger partial charge in [0, 0.05) is 42.1 Å². The lowest BCUT2D eigenvalue weighted by Gasteiger charge is -2.35. The van der Waals surface area contributed by atoms with Gasteiger partial charge in [-0.25, -0.2) is 9.97 Å². The van der Waals surface area contributed by atoms with Crippen LogP contribution in [0.4, 0.5) is 11.8 Å². The second kappa shape index (κ2) is 6.42. The van der Waals surface area contributed by atoms with Gasteiger partial charge in [-0.15, -0.1) is 0 Å². The molecule has 0 fully saturated rings. The Hall–Kier alpha value is -2.71. The molecule has 0 saturated heterocycles. The number of nitrogen functional groups attached to an aromatic ring is 1. The largest absolute Gasteiger partial charge is 0.481 e. The first-order chi connectivity index (χ1) is 11.5. The number of aromatic nitrogens is 3. The van der Waals surface area contributed by atoms with Crippen molar-refractivity contribution < 1.29 is 9.84 Å². The van der Waals surface area contributed by atoms with Crippen molar-refractivity contribution in [2.24, 2.45) is 5.73 Å². The van der Waals surface area contributed by atoms with Crippen LogP contribution in [-0.4, -0.2) is 46.5 Å². The van der Waals surface area contributed by atoms with E-state index in [2.05, 4.69) is 15.0 Å². The van der Waals surface area contributed by atoms with E-state index in [1.165, 1.54) is 0 Å². The molecular formula is C16H20N6O2. The smallest absolute Gasteiger partial charge is 0.222 e. The van der Waals surface area contributed by atoms with Gasteiger partial charge in [0.25, 0.3) is 0 Å². The highest BCUT2D eigenvalue weighted by Gasteiger charge is 2.30. The van der Waals surface area contributed by atoms with E-state index in [9.17, 15) is 5.11 Å². The molecule has 0 amide bonds. The van der Waals surface area contributed by atoms with Gasteiger partial charge in [-0.1, -0.05) is 0 Å². The molecule has 1 atom stereocenters. The Balaban J connectivity index is 2.13. The van der Waals surface area contributed by atoms with Crippen molar-refractivity contribution in [2.45, 2.75) is 13.2 Å². The van der Waals surface area contributed by atoms with Crippen LogP contribution in [0, 0.1) is 6.92 Å². The monoisotopic (exact) mass is 328 g/mol. The molecule has 1 aliphatic heterocycles. The number of aryl methyl sites for hydroxylation is 1. The maximum atomic E-state index is 10.8. The van der Waals surface area contributed by atoms with E-state index in [0.717, 1.165) is 16.8 Å². The van der Waals surface area contributed by atoms with Crippen LogP contribution >= 0.6 is 0 Å². The average molecular weight is 328 g/mol. The topological polar surface area (TPSA) is 123 Å². The Kier molecular flexibility index (Phi) is 4.32. The lowest BCUT2D eigenvalue weighted by Crippen LogP contribution is -2.42. The molecule has 1 aliphatic rings. The van der Waals surface area contributed by atoms with Crippen LogP contribution in [0.2, 0.25) is 0 Å². The molecule has 0 aliphatic carbocycles. The third-order valence-corrected chi connectivity index (χ3v) is 3.93. The molecule has 24 heavy (non-hydrogen) atoms. The Morgan fingerprint density at radius 3 is 2.75 bits per heavy atom. The van der Waals surface area contributed by atoms with Gasteiger partial charge in [-0.2, -0.15) is 4.98 Å². The molecule has 2 aromatic heterocycles. The second-order valence-electron chi connectivity index (χ2n) is 5.45. The molecule has 3 heterocycles. The number of methoxy groups -OCH3 is 1. The number of ether oxygens (including phenoxy) is 1. The summed E-state index contributed by atoms with van der Waals surface area (Å²) in [6.45, 7) is 2.66. The van der Waals surface area contributed by atoms with Gasteiger partial charge < -0.3 is 26.2 Å². The third kappa shape index (κ3) is 2.77. The van der Waals surface area contributed by atoms with Crippen molar-refractivity contribution >= 4 is 23.4 Å². The number of hydrogen-bond donors (Lipinski definition) is 3. The van der Waals surface area contributed by atoms with Crippen LogP contribution < -0.4 is 21.1 Å². The summed E-state index contributed by atoms with van der Waals surface area (Å²) < 4.78 is 5.08. The van der Waals surface area contributed by atoms with Gasteiger partial charge in [-0.05, 0) is 19.1 Å². The Labute approximate surface area is 139 Å². The number of hydrogen-bond acceptors (Lipinski definition) is 8. The zero-order valence-corrected chi connectivity index (χ0v) is 13.6. The molecular weight excluding hydrogens is 308 g/mol. The second-order valence-corrected chi connectivity index (χ2v) is 5.45. The SMILES string of the molecule is COc1ccc(C2=Cc3c(C)nc(N)nc3N(CCN)C2O)cn1. The number of nitrogens with two attached hydrogens (primary N) is 2. The van der Waals surface area contributed by atoms with Crippen LogP contribution in [0.15, 0.2) is 18.3 Å². The minimum atomic E-state index is -0.898. The third-order valence-electron chi connectivity index (χ3n) is 3.93. The highest BCUT2D eigenvalue weighted by molar-refractivity contribution is 5.91. The van der Waals surface area contributed by atoms with E-state index in [-0.39, 0.29) is 5.95 Å². The standard InChI is InChI=1S/C16H20N6O2/c1-9-11-7-12(10-3-4-13(24-2)19-8-10)15(23)22(6-5-17)14(11)21-16(18)20-9/h3-4,7-8,15,23H,5-6,17H2,1-2H3,(H2,18,20,21). The number of aliphatic hydroxyl groups excluding tert-OH is 1. The van der Waals surface area contributed by atoms with E-state index in [0.29, 0.717) is 30.4 Å². The van der Waals surface area contributed by atoms with E-state index < -0.39 is 6.23 Å². The first kappa shape index (κ1) is 16.2. The summed E-state index contributed by atoms with van der Waals surface area (Å²) >= 11 is 0. The van der Waals surface area contributed by atoms with Gasteiger partial charge in [0.15, 0.2) is 6.23 Å². The van der Waals surface area contributed by atoms with Crippen LogP contribution in [-0.2, 0) is 0 Å². The fraction of sp³-hybridized carbons (Fsp3) is 0.312. The van der Waals surface area contributed by atoms with Gasteiger partial charge in [0.1, 0.15) is 5.82 Å². The highest BCUT2D eigenvalue weighted by atomic mass is 16.5. The van der Waals surface area contributed by atoms with E-state index in [1.807, 2.05) is 19.1 Å². The fourth-order valence-corrected chi connectivity index (χ4v) is 2.76. The van der Waals surface area contributed by atoms with Crippen molar-refractivity contribution in [3.05, 3.63) is 35.2 Å². The summed E-state index contributed by atoms with van der Waals surface area (Å²) in [5.41, 5.74) is 14.5. The molecule has 0 radical (unpaired) electrons. The minimum absolute atomic E-state index is 0.170. The van der Waals surface area contributed by atoms with E-state index in [4.69, 9.17) is 16.2 Å². The quantitative estimate of drug-likeness (QED) is 0.737. The summed E-state index contributed by atoms with van der Waals surface area (Å²) in [5, 5.41) is 10.8. The van der Waals surface area contributed by atoms with Crippen LogP contribution in [0.5, 0.6) is 5.88 Å². The zero-order valence-electron chi connectivity index (χ0n) is 13.6. The van der Waals surface area contributed by atoms with Gasteiger partial charge >= 0.3 is 0 Å². The summed E-state index contributed by atoms with van der Waals surface area (Å²) in [5.74, 6) is 1.27. The van der Waals surface area contributed by atoms with Crippen molar-refractivity contribution in [3.8, 4) is 5.88 Å². The van der Waals surface area contributed by atoms with Crippen LogP contribution in [0.3, 0.4) is 0 Å². The molecule has 0 saturated carbocycles. The predicted molar refractivity (Wildman–Crippen MR) is 92.2 cm³/mol. The van der Waals surface area contributed by atoms with Crippen molar-refractivity contribution in [1.82, 2.24) is 15.0 Å². The fourth-order valence-electron chi connectivity index (χ4n) is 2.76. The molecule has 126 valence electrons. The van der Waals surface area contributed by atoms with Gasteiger partial charge in [0.05, 0.1) is 12.8 Å². The molecule has 3 rings (SSSR count). The molecule has 0 aromatic carbocycles. The maximum absolute atomic E-state index is 10.8. The Morgan fingerprint density at radius 1 is 1.33 bits per heavy atom. The molecule has 8 nitrogen and oxygen atoms in total. The van der Waals surface area contributed by atoms with Crippen LogP contribution in [0.25, 0.3) is 11.6 Å². The lowest BCUT2D eigenvalue weighted by molar-refractivity contribution is 0.224. The number of fused-ring (bicyclic) bond motifs is 1. The first-order valence-electron chi connectivity index (χ1n) is 7.56. The molecule has 1 unspecified atom stereocenters. The molecule has 2 aromatic rings. The van der Waals surface area contributed by atoms with Gasteiger partial charge in [0.2, 0.25) is 11.8 Å². The normalized spacial score (nSPS) is 16.6. The molecule has 5 N–H and O–H groups in total. The molecule has 8 heteroatoms.